The fraction of sp³-hybridized carbons (Fsp3) is 0.158. The van der Waals surface area contributed by atoms with Crippen LogP contribution in [-0.2, 0) is 6.54 Å². The summed E-state index contributed by atoms with van der Waals surface area (Å²) in [5, 5.41) is 7.16. The van der Waals surface area contributed by atoms with Crippen LogP contribution in [0.4, 0.5) is 5.95 Å². The Morgan fingerprint density at radius 1 is 1.08 bits per heavy atom. The highest BCUT2D eigenvalue weighted by Gasteiger charge is 2.18. The number of nitrogens with one attached hydrogen (secondary N) is 1. The SMILES string of the molecule is Cc1cc(-c2cnc(NCc3ccccn3)nc2-c2ccoc2C)on1. The molecule has 0 radical (unpaired) electrons. The molecule has 0 saturated heterocycles. The molecule has 1 N–H and O–H groups in total. The summed E-state index contributed by atoms with van der Waals surface area (Å²) in [7, 11) is 0. The maximum atomic E-state index is 5.45. The van der Waals surface area contributed by atoms with Gasteiger partial charge < -0.3 is 14.3 Å². The van der Waals surface area contributed by atoms with E-state index in [2.05, 4.69) is 25.4 Å². The highest BCUT2D eigenvalue weighted by molar-refractivity contribution is 5.79. The van der Waals surface area contributed by atoms with Crippen molar-refractivity contribution in [1.82, 2.24) is 20.1 Å². The van der Waals surface area contributed by atoms with E-state index in [1.165, 1.54) is 0 Å². The molecule has 4 heterocycles. The lowest BCUT2D eigenvalue weighted by molar-refractivity contribution is 0.427. The Morgan fingerprint density at radius 3 is 2.69 bits per heavy atom. The van der Waals surface area contributed by atoms with Gasteiger partial charge in [0.25, 0.3) is 0 Å². The van der Waals surface area contributed by atoms with E-state index in [9.17, 15) is 0 Å². The molecule has 0 aliphatic carbocycles. The summed E-state index contributed by atoms with van der Waals surface area (Å²) in [5.41, 5.74) is 4.08. The van der Waals surface area contributed by atoms with Crippen molar-refractivity contribution in [2.24, 2.45) is 0 Å². The molecule has 0 atom stereocenters. The molecular weight excluding hydrogens is 330 g/mol. The molecule has 0 aromatic carbocycles. The van der Waals surface area contributed by atoms with Crippen molar-refractivity contribution < 1.29 is 8.94 Å². The van der Waals surface area contributed by atoms with Gasteiger partial charge in [-0.15, -0.1) is 0 Å². The predicted molar refractivity (Wildman–Crippen MR) is 96.3 cm³/mol. The summed E-state index contributed by atoms with van der Waals surface area (Å²) >= 11 is 0. The molecule has 0 aliphatic rings. The van der Waals surface area contributed by atoms with Gasteiger partial charge in [0.15, 0.2) is 5.76 Å². The minimum atomic E-state index is 0.506. The average molecular weight is 347 g/mol. The Bertz CT molecular complexity index is 1020. The molecule has 130 valence electrons. The minimum absolute atomic E-state index is 0.506. The van der Waals surface area contributed by atoms with Crippen molar-refractivity contribution in [3.63, 3.8) is 0 Å². The zero-order valence-electron chi connectivity index (χ0n) is 14.4. The maximum absolute atomic E-state index is 5.45. The summed E-state index contributed by atoms with van der Waals surface area (Å²) in [6.07, 6.45) is 5.13. The van der Waals surface area contributed by atoms with Crippen LogP contribution in [0.5, 0.6) is 0 Å². The summed E-state index contributed by atoms with van der Waals surface area (Å²) in [4.78, 5) is 13.4. The number of aromatic nitrogens is 4. The zero-order chi connectivity index (χ0) is 17.9. The van der Waals surface area contributed by atoms with E-state index in [-0.39, 0.29) is 0 Å². The molecule has 4 aromatic rings. The van der Waals surface area contributed by atoms with Gasteiger partial charge in [0, 0.05) is 24.0 Å². The summed E-state index contributed by atoms with van der Waals surface area (Å²) in [6.45, 7) is 4.30. The molecule has 4 rings (SSSR count). The highest BCUT2D eigenvalue weighted by atomic mass is 16.5. The van der Waals surface area contributed by atoms with Crippen molar-refractivity contribution in [1.29, 1.82) is 0 Å². The number of hydrogen-bond donors (Lipinski definition) is 1. The molecule has 4 aromatic heterocycles. The largest absolute Gasteiger partial charge is 0.469 e. The first kappa shape index (κ1) is 16.0. The van der Waals surface area contributed by atoms with Crippen LogP contribution in [-0.4, -0.2) is 20.1 Å². The van der Waals surface area contributed by atoms with Crippen LogP contribution in [0.3, 0.4) is 0 Å². The fourth-order valence-electron chi connectivity index (χ4n) is 2.65. The molecule has 0 aliphatic heterocycles. The van der Waals surface area contributed by atoms with E-state index < -0.39 is 0 Å². The number of anilines is 1. The fourth-order valence-corrected chi connectivity index (χ4v) is 2.65. The topological polar surface area (TPSA) is 89.9 Å². The van der Waals surface area contributed by atoms with Crippen LogP contribution in [0.1, 0.15) is 17.1 Å². The molecular formula is C19H17N5O2. The maximum Gasteiger partial charge on any atom is 0.223 e. The molecule has 0 saturated carbocycles. The lowest BCUT2D eigenvalue weighted by atomic mass is 10.1. The van der Waals surface area contributed by atoms with Gasteiger partial charge >= 0.3 is 0 Å². The minimum Gasteiger partial charge on any atom is -0.469 e. The Morgan fingerprint density at radius 2 is 2.00 bits per heavy atom. The normalized spacial score (nSPS) is 10.8. The summed E-state index contributed by atoms with van der Waals surface area (Å²) in [5.74, 6) is 1.90. The van der Waals surface area contributed by atoms with Gasteiger partial charge in [-0.25, -0.2) is 9.97 Å². The van der Waals surface area contributed by atoms with Crippen LogP contribution in [0.15, 0.2) is 57.9 Å². The van der Waals surface area contributed by atoms with Crippen molar-refractivity contribution in [3.8, 4) is 22.6 Å². The second-order valence-electron chi connectivity index (χ2n) is 5.85. The molecule has 0 amide bonds. The van der Waals surface area contributed by atoms with Gasteiger partial charge in [0.05, 0.1) is 35.5 Å². The molecule has 0 unspecified atom stereocenters. The lowest BCUT2D eigenvalue weighted by Crippen LogP contribution is -2.06. The Kier molecular flexibility index (Phi) is 4.18. The Balaban J connectivity index is 1.71. The molecule has 7 heteroatoms. The molecule has 26 heavy (non-hydrogen) atoms. The monoisotopic (exact) mass is 347 g/mol. The van der Waals surface area contributed by atoms with E-state index >= 15 is 0 Å². The van der Waals surface area contributed by atoms with Gasteiger partial charge in [-0.2, -0.15) is 0 Å². The van der Waals surface area contributed by atoms with Crippen LogP contribution in [0.25, 0.3) is 22.6 Å². The first-order valence-corrected chi connectivity index (χ1v) is 8.19. The number of pyridine rings is 1. The number of nitrogens with zero attached hydrogens (tertiary/aromatic N) is 4. The summed E-state index contributed by atoms with van der Waals surface area (Å²) in [6, 6.07) is 9.51. The number of aryl methyl sites for hydroxylation is 2. The third kappa shape index (κ3) is 3.19. The van der Waals surface area contributed by atoms with E-state index in [4.69, 9.17) is 8.94 Å². The molecule has 0 bridgehead atoms. The Hall–Kier alpha value is -3.48. The number of rotatable bonds is 5. The molecule has 0 spiro atoms. The van der Waals surface area contributed by atoms with E-state index in [1.807, 2.05) is 44.2 Å². The standard InChI is InChI=1S/C19H17N5O2/c1-12-9-17(26-24-12)16-11-22-19(21-10-14-5-3-4-7-20-14)23-18(16)15-6-8-25-13(15)2/h3-9,11H,10H2,1-2H3,(H,21,22,23). The Labute approximate surface area is 150 Å². The molecule has 7 nitrogen and oxygen atoms in total. The van der Waals surface area contributed by atoms with E-state index in [0.717, 1.165) is 34.0 Å². The second-order valence-corrected chi connectivity index (χ2v) is 5.85. The lowest BCUT2D eigenvalue weighted by Gasteiger charge is -2.09. The van der Waals surface area contributed by atoms with Gasteiger partial charge in [-0.3, -0.25) is 4.98 Å². The zero-order valence-corrected chi connectivity index (χ0v) is 14.4. The van der Waals surface area contributed by atoms with Gasteiger partial charge in [-0.1, -0.05) is 11.2 Å². The van der Waals surface area contributed by atoms with Crippen molar-refractivity contribution in [2.45, 2.75) is 20.4 Å². The van der Waals surface area contributed by atoms with Crippen molar-refractivity contribution in [2.75, 3.05) is 5.32 Å². The van der Waals surface area contributed by atoms with Gasteiger partial charge in [0.2, 0.25) is 5.95 Å². The highest BCUT2D eigenvalue weighted by Crippen LogP contribution is 2.33. The van der Waals surface area contributed by atoms with Gasteiger partial charge in [0.1, 0.15) is 5.76 Å². The first-order valence-electron chi connectivity index (χ1n) is 8.19. The number of hydrogen-bond acceptors (Lipinski definition) is 7. The third-order valence-corrected chi connectivity index (χ3v) is 3.95. The number of furan rings is 1. The van der Waals surface area contributed by atoms with Crippen LogP contribution < -0.4 is 5.32 Å². The van der Waals surface area contributed by atoms with Crippen LogP contribution >= 0.6 is 0 Å². The smallest absolute Gasteiger partial charge is 0.223 e. The third-order valence-electron chi connectivity index (χ3n) is 3.95. The molecule has 0 fully saturated rings. The van der Waals surface area contributed by atoms with Crippen molar-refractivity contribution in [3.05, 3.63) is 66.1 Å². The second kappa shape index (κ2) is 6.79. The first-order chi connectivity index (χ1) is 12.7. The van der Waals surface area contributed by atoms with Crippen LogP contribution in [0, 0.1) is 13.8 Å². The predicted octanol–water partition coefficient (Wildman–Crippen LogP) is 4.02. The van der Waals surface area contributed by atoms with E-state index in [0.29, 0.717) is 18.3 Å². The summed E-state index contributed by atoms with van der Waals surface area (Å²) < 4.78 is 10.9. The average Bonchev–Trinajstić information content (AvgIpc) is 3.29. The van der Waals surface area contributed by atoms with Gasteiger partial charge in [-0.05, 0) is 32.0 Å². The quantitative estimate of drug-likeness (QED) is 0.583. The van der Waals surface area contributed by atoms with Crippen LogP contribution in [0.2, 0.25) is 0 Å². The van der Waals surface area contributed by atoms with E-state index in [1.54, 1.807) is 18.7 Å². The van der Waals surface area contributed by atoms with Crippen molar-refractivity contribution >= 4 is 5.95 Å².